The zero-order valence-electron chi connectivity index (χ0n) is 11.8. The van der Waals surface area contributed by atoms with Crippen LogP contribution in [0.2, 0.25) is 0 Å². The van der Waals surface area contributed by atoms with E-state index in [1.54, 1.807) is 6.07 Å². The molecule has 0 amide bonds. The highest BCUT2D eigenvalue weighted by Gasteiger charge is 2.24. The van der Waals surface area contributed by atoms with Crippen molar-refractivity contribution in [1.82, 2.24) is 4.90 Å². The minimum absolute atomic E-state index is 0.220. The van der Waals surface area contributed by atoms with Crippen LogP contribution in [-0.4, -0.2) is 42.0 Å². The molecule has 0 N–H and O–H groups in total. The maximum atomic E-state index is 11.2. The molecule has 5 nitrogen and oxygen atoms in total. The number of anilines is 1. The van der Waals surface area contributed by atoms with Crippen molar-refractivity contribution in [2.45, 2.75) is 26.8 Å². The normalized spacial score (nSPS) is 16.9. The van der Waals surface area contributed by atoms with Crippen molar-refractivity contribution in [2.24, 2.45) is 0 Å². The van der Waals surface area contributed by atoms with Gasteiger partial charge in [-0.15, -0.1) is 0 Å². The second kappa shape index (κ2) is 5.57. The molecular formula is C14H21N3O2. The summed E-state index contributed by atoms with van der Waals surface area (Å²) in [5.41, 5.74) is 1.90. The lowest BCUT2D eigenvalue weighted by Gasteiger charge is -2.37. The molecule has 5 heteroatoms. The van der Waals surface area contributed by atoms with Crippen LogP contribution in [0, 0.1) is 17.0 Å². The molecule has 0 bridgehead atoms. The predicted octanol–water partition coefficient (Wildman–Crippen LogP) is 2.43. The van der Waals surface area contributed by atoms with E-state index in [1.165, 1.54) is 0 Å². The fourth-order valence-corrected chi connectivity index (χ4v) is 2.53. The van der Waals surface area contributed by atoms with E-state index >= 15 is 0 Å². The Morgan fingerprint density at radius 3 is 2.37 bits per heavy atom. The maximum absolute atomic E-state index is 11.2. The Morgan fingerprint density at radius 1 is 1.21 bits per heavy atom. The summed E-state index contributed by atoms with van der Waals surface area (Å²) >= 11 is 0. The van der Waals surface area contributed by atoms with Crippen LogP contribution in [0.1, 0.15) is 19.4 Å². The molecule has 1 fully saturated rings. The first kappa shape index (κ1) is 13.8. The van der Waals surface area contributed by atoms with Crippen LogP contribution in [-0.2, 0) is 0 Å². The van der Waals surface area contributed by atoms with Crippen molar-refractivity contribution in [2.75, 3.05) is 31.1 Å². The lowest BCUT2D eigenvalue weighted by atomic mass is 10.1. The maximum Gasteiger partial charge on any atom is 0.292 e. The number of aryl methyl sites for hydroxylation is 1. The third-order valence-electron chi connectivity index (χ3n) is 3.71. The van der Waals surface area contributed by atoms with Gasteiger partial charge in [-0.25, -0.2) is 0 Å². The van der Waals surface area contributed by atoms with Crippen LogP contribution < -0.4 is 4.90 Å². The molecule has 0 radical (unpaired) electrons. The molecule has 1 heterocycles. The fraction of sp³-hybridized carbons (Fsp3) is 0.571. The Bertz CT molecular complexity index is 466. The second-order valence-electron chi connectivity index (χ2n) is 5.37. The van der Waals surface area contributed by atoms with Crippen LogP contribution in [0.15, 0.2) is 18.2 Å². The number of piperazine rings is 1. The topological polar surface area (TPSA) is 49.6 Å². The van der Waals surface area contributed by atoms with Gasteiger partial charge in [0.1, 0.15) is 5.69 Å². The third-order valence-corrected chi connectivity index (χ3v) is 3.71. The van der Waals surface area contributed by atoms with Crippen LogP contribution >= 0.6 is 0 Å². The molecule has 1 aliphatic rings. The van der Waals surface area contributed by atoms with Gasteiger partial charge >= 0.3 is 0 Å². The molecule has 104 valence electrons. The molecular weight excluding hydrogens is 242 g/mol. The van der Waals surface area contributed by atoms with Gasteiger partial charge in [-0.2, -0.15) is 0 Å². The first-order valence-electron chi connectivity index (χ1n) is 6.73. The molecule has 1 aromatic carbocycles. The average molecular weight is 263 g/mol. The van der Waals surface area contributed by atoms with E-state index in [2.05, 4.69) is 23.6 Å². The minimum atomic E-state index is -0.281. The van der Waals surface area contributed by atoms with E-state index in [1.807, 2.05) is 19.1 Å². The number of nitro benzene ring substituents is 1. The standard InChI is InChI=1S/C14H21N3O2/c1-11(2)15-6-8-16(9-7-15)13-5-4-12(3)10-14(13)17(18)19/h4-5,10-11H,6-9H2,1-3H3. The molecule has 19 heavy (non-hydrogen) atoms. The largest absolute Gasteiger partial charge is 0.363 e. The van der Waals surface area contributed by atoms with E-state index in [-0.39, 0.29) is 10.6 Å². The van der Waals surface area contributed by atoms with Crippen molar-refractivity contribution < 1.29 is 4.92 Å². The van der Waals surface area contributed by atoms with Gasteiger partial charge in [0.15, 0.2) is 0 Å². The molecule has 0 unspecified atom stereocenters. The summed E-state index contributed by atoms with van der Waals surface area (Å²) < 4.78 is 0. The number of nitro groups is 1. The molecule has 2 rings (SSSR count). The quantitative estimate of drug-likeness (QED) is 0.621. The predicted molar refractivity (Wildman–Crippen MR) is 76.8 cm³/mol. The minimum Gasteiger partial charge on any atom is -0.363 e. The van der Waals surface area contributed by atoms with Gasteiger partial charge in [0.25, 0.3) is 5.69 Å². The Kier molecular flexibility index (Phi) is 4.04. The fourth-order valence-electron chi connectivity index (χ4n) is 2.53. The SMILES string of the molecule is Cc1ccc(N2CCN(C(C)C)CC2)c([N+](=O)[O-])c1. The summed E-state index contributed by atoms with van der Waals surface area (Å²) in [6.07, 6.45) is 0. The smallest absolute Gasteiger partial charge is 0.292 e. The van der Waals surface area contributed by atoms with E-state index in [0.29, 0.717) is 6.04 Å². The van der Waals surface area contributed by atoms with Crippen LogP contribution in [0.25, 0.3) is 0 Å². The Balaban J connectivity index is 2.17. The first-order valence-corrected chi connectivity index (χ1v) is 6.73. The molecule has 0 spiro atoms. The van der Waals surface area contributed by atoms with Crippen molar-refractivity contribution in [3.63, 3.8) is 0 Å². The van der Waals surface area contributed by atoms with Gasteiger partial charge in [0, 0.05) is 38.3 Å². The highest BCUT2D eigenvalue weighted by Crippen LogP contribution is 2.29. The summed E-state index contributed by atoms with van der Waals surface area (Å²) in [4.78, 5) is 15.4. The van der Waals surface area contributed by atoms with Gasteiger partial charge in [-0.1, -0.05) is 6.07 Å². The van der Waals surface area contributed by atoms with Crippen molar-refractivity contribution in [3.05, 3.63) is 33.9 Å². The Morgan fingerprint density at radius 2 is 1.84 bits per heavy atom. The number of nitrogens with zero attached hydrogens (tertiary/aromatic N) is 3. The molecule has 0 saturated carbocycles. The molecule has 0 aromatic heterocycles. The van der Waals surface area contributed by atoms with Gasteiger partial charge in [-0.3, -0.25) is 15.0 Å². The van der Waals surface area contributed by atoms with E-state index in [4.69, 9.17) is 0 Å². The van der Waals surface area contributed by atoms with Crippen LogP contribution in [0.5, 0.6) is 0 Å². The third kappa shape index (κ3) is 3.04. The number of hydrogen-bond acceptors (Lipinski definition) is 4. The summed E-state index contributed by atoms with van der Waals surface area (Å²) in [7, 11) is 0. The van der Waals surface area contributed by atoms with E-state index < -0.39 is 0 Å². The van der Waals surface area contributed by atoms with Gasteiger partial charge < -0.3 is 4.90 Å². The van der Waals surface area contributed by atoms with Gasteiger partial charge in [0.2, 0.25) is 0 Å². The number of rotatable bonds is 3. The summed E-state index contributed by atoms with van der Waals surface area (Å²) in [6.45, 7) is 9.87. The summed E-state index contributed by atoms with van der Waals surface area (Å²) in [5.74, 6) is 0. The van der Waals surface area contributed by atoms with Crippen molar-refractivity contribution in [1.29, 1.82) is 0 Å². The summed E-state index contributed by atoms with van der Waals surface area (Å²) in [6, 6.07) is 6.01. The monoisotopic (exact) mass is 263 g/mol. The molecule has 1 aromatic rings. The number of hydrogen-bond donors (Lipinski definition) is 0. The molecule has 0 aliphatic carbocycles. The van der Waals surface area contributed by atoms with Crippen LogP contribution in [0.4, 0.5) is 11.4 Å². The van der Waals surface area contributed by atoms with E-state index in [9.17, 15) is 10.1 Å². The Hall–Kier alpha value is -1.62. The highest BCUT2D eigenvalue weighted by atomic mass is 16.6. The van der Waals surface area contributed by atoms with E-state index in [0.717, 1.165) is 37.4 Å². The second-order valence-corrected chi connectivity index (χ2v) is 5.37. The zero-order chi connectivity index (χ0) is 14.0. The first-order chi connectivity index (χ1) is 8.99. The van der Waals surface area contributed by atoms with Gasteiger partial charge in [-0.05, 0) is 32.4 Å². The lowest BCUT2D eigenvalue weighted by molar-refractivity contribution is -0.384. The van der Waals surface area contributed by atoms with Crippen molar-refractivity contribution in [3.8, 4) is 0 Å². The average Bonchev–Trinajstić information content (AvgIpc) is 2.38. The number of benzene rings is 1. The summed E-state index contributed by atoms with van der Waals surface area (Å²) in [5, 5.41) is 11.2. The lowest BCUT2D eigenvalue weighted by Crippen LogP contribution is -2.49. The zero-order valence-corrected chi connectivity index (χ0v) is 11.8. The molecule has 1 saturated heterocycles. The Labute approximate surface area is 114 Å². The highest BCUT2D eigenvalue weighted by molar-refractivity contribution is 5.64. The van der Waals surface area contributed by atoms with Crippen LogP contribution in [0.3, 0.4) is 0 Å². The molecule has 1 aliphatic heterocycles. The van der Waals surface area contributed by atoms with Gasteiger partial charge in [0.05, 0.1) is 4.92 Å². The van der Waals surface area contributed by atoms with Crippen molar-refractivity contribution >= 4 is 11.4 Å². The molecule has 0 atom stereocenters.